The van der Waals surface area contributed by atoms with E-state index in [4.69, 9.17) is 9.47 Å². The third-order valence-electron chi connectivity index (χ3n) is 4.70. The second-order valence-electron chi connectivity index (χ2n) is 6.58. The molecule has 8 nitrogen and oxygen atoms in total. The van der Waals surface area contributed by atoms with Gasteiger partial charge in [0, 0.05) is 38.7 Å². The first kappa shape index (κ1) is 18.0. The Balaban J connectivity index is 1.49. The first-order valence-corrected chi connectivity index (χ1v) is 10.4. The van der Waals surface area contributed by atoms with E-state index in [-0.39, 0.29) is 4.90 Å². The predicted molar refractivity (Wildman–Crippen MR) is 99.8 cm³/mol. The lowest BCUT2D eigenvalue weighted by Crippen LogP contribution is -2.49. The molecule has 0 unspecified atom stereocenters. The molecule has 2 aliphatic heterocycles. The summed E-state index contributed by atoms with van der Waals surface area (Å²) in [6.45, 7) is 4.91. The van der Waals surface area contributed by atoms with Crippen molar-refractivity contribution in [3.8, 4) is 11.5 Å². The van der Waals surface area contributed by atoms with E-state index < -0.39 is 10.0 Å². The standard InChI is InChI=1S/C18H22N4O4S/c1-14-3-6-18(20-19-14)21-7-9-22(10-8-21)27(23,24)15-4-5-16-17(13-15)26-12-2-11-25-16/h3-6,13H,2,7-12H2,1H3. The van der Waals surface area contributed by atoms with Gasteiger partial charge in [0.1, 0.15) is 0 Å². The largest absolute Gasteiger partial charge is 0.490 e. The Morgan fingerprint density at radius 1 is 0.926 bits per heavy atom. The predicted octanol–water partition coefficient (Wildman–Crippen LogP) is 1.46. The van der Waals surface area contributed by atoms with Gasteiger partial charge in [-0.3, -0.25) is 0 Å². The molecule has 0 N–H and O–H groups in total. The molecule has 0 saturated carbocycles. The van der Waals surface area contributed by atoms with Crippen LogP contribution >= 0.6 is 0 Å². The molecule has 0 atom stereocenters. The second kappa shape index (κ2) is 7.32. The minimum atomic E-state index is -3.58. The summed E-state index contributed by atoms with van der Waals surface area (Å²) in [7, 11) is -3.58. The SMILES string of the molecule is Cc1ccc(N2CCN(S(=O)(=O)c3ccc4c(c3)OCCCO4)CC2)nn1. The lowest BCUT2D eigenvalue weighted by molar-refractivity contribution is 0.296. The first-order chi connectivity index (χ1) is 13.0. The summed E-state index contributed by atoms with van der Waals surface area (Å²) in [5.74, 6) is 1.85. The molecular weight excluding hydrogens is 368 g/mol. The van der Waals surface area contributed by atoms with Crippen molar-refractivity contribution < 1.29 is 17.9 Å². The van der Waals surface area contributed by atoms with Crippen molar-refractivity contribution >= 4 is 15.8 Å². The van der Waals surface area contributed by atoms with E-state index in [1.165, 1.54) is 4.31 Å². The number of anilines is 1. The Morgan fingerprint density at radius 2 is 1.67 bits per heavy atom. The number of fused-ring (bicyclic) bond motifs is 1. The summed E-state index contributed by atoms with van der Waals surface area (Å²) in [5.41, 5.74) is 0.856. The molecule has 144 valence electrons. The number of hydrogen-bond acceptors (Lipinski definition) is 7. The molecule has 1 saturated heterocycles. The summed E-state index contributed by atoms with van der Waals surface area (Å²) < 4.78 is 38.8. The first-order valence-electron chi connectivity index (χ1n) is 8.99. The fourth-order valence-corrected chi connectivity index (χ4v) is 4.61. The van der Waals surface area contributed by atoms with Gasteiger partial charge in [0.15, 0.2) is 17.3 Å². The smallest absolute Gasteiger partial charge is 0.243 e. The summed E-state index contributed by atoms with van der Waals surface area (Å²) >= 11 is 0. The van der Waals surface area contributed by atoms with Gasteiger partial charge in [-0.15, -0.1) is 5.10 Å². The van der Waals surface area contributed by atoms with Crippen molar-refractivity contribution in [1.29, 1.82) is 0 Å². The van der Waals surface area contributed by atoms with Gasteiger partial charge in [-0.1, -0.05) is 0 Å². The molecule has 0 spiro atoms. The van der Waals surface area contributed by atoms with Gasteiger partial charge >= 0.3 is 0 Å². The van der Waals surface area contributed by atoms with E-state index in [1.807, 2.05) is 24.0 Å². The van der Waals surface area contributed by atoms with Gasteiger partial charge in [0.25, 0.3) is 0 Å². The third-order valence-corrected chi connectivity index (χ3v) is 6.60. The summed E-state index contributed by atoms with van der Waals surface area (Å²) in [6.07, 6.45) is 0.778. The minimum absolute atomic E-state index is 0.232. The van der Waals surface area contributed by atoms with Crippen molar-refractivity contribution in [2.75, 3.05) is 44.3 Å². The number of sulfonamides is 1. The van der Waals surface area contributed by atoms with E-state index in [9.17, 15) is 8.42 Å². The summed E-state index contributed by atoms with van der Waals surface area (Å²) in [5, 5.41) is 8.25. The number of benzene rings is 1. The van der Waals surface area contributed by atoms with Crippen LogP contribution in [0.5, 0.6) is 11.5 Å². The monoisotopic (exact) mass is 390 g/mol. The zero-order valence-electron chi connectivity index (χ0n) is 15.2. The van der Waals surface area contributed by atoms with Crippen molar-refractivity contribution in [2.45, 2.75) is 18.2 Å². The quantitative estimate of drug-likeness (QED) is 0.784. The Kier molecular flexibility index (Phi) is 4.88. The van der Waals surface area contributed by atoms with Crippen LogP contribution in [0.2, 0.25) is 0 Å². The summed E-state index contributed by atoms with van der Waals surface area (Å²) in [4.78, 5) is 2.28. The molecule has 1 aromatic heterocycles. The maximum Gasteiger partial charge on any atom is 0.243 e. The molecule has 27 heavy (non-hydrogen) atoms. The van der Waals surface area contributed by atoms with Gasteiger partial charge in [0.2, 0.25) is 10.0 Å². The normalized spacial score (nSPS) is 18.2. The van der Waals surface area contributed by atoms with E-state index in [0.29, 0.717) is 50.9 Å². The highest BCUT2D eigenvalue weighted by Crippen LogP contribution is 2.33. The third kappa shape index (κ3) is 3.70. The Morgan fingerprint density at radius 3 is 2.37 bits per heavy atom. The average molecular weight is 390 g/mol. The van der Waals surface area contributed by atoms with Crippen molar-refractivity contribution in [2.24, 2.45) is 0 Å². The zero-order chi connectivity index (χ0) is 18.9. The molecular formula is C18H22N4O4S. The summed E-state index contributed by atoms with van der Waals surface area (Å²) in [6, 6.07) is 8.64. The minimum Gasteiger partial charge on any atom is -0.490 e. The highest BCUT2D eigenvalue weighted by molar-refractivity contribution is 7.89. The van der Waals surface area contributed by atoms with Crippen molar-refractivity contribution in [3.05, 3.63) is 36.0 Å². The van der Waals surface area contributed by atoms with E-state index in [2.05, 4.69) is 10.2 Å². The number of hydrogen-bond donors (Lipinski definition) is 0. The molecule has 0 radical (unpaired) electrons. The Hall–Kier alpha value is -2.39. The van der Waals surface area contributed by atoms with Crippen LogP contribution in [0.3, 0.4) is 0 Å². The number of aryl methyl sites for hydroxylation is 1. The molecule has 2 aromatic rings. The van der Waals surface area contributed by atoms with Crippen LogP contribution in [0.15, 0.2) is 35.2 Å². The Labute approximate surface area is 158 Å². The van der Waals surface area contributed by atoms with Gasteiger partial charge in [-0.25, -0.2) is 8.42 Å². The van der Waals surface area contributed by atoms with Crippen LogP contribution in [-0.2, 0) is 10.0 Å². The van der Waals surface area contributed by atoms with Gasteiger partial charge in [-0.05, 0) is 31.2 Å². The van der Waals surface area contributed by atoms with E-state index in [1.54, 1.807) is 18.2 Å². The van der Waals surface area contributed by atoms with Crippen LogP contribution in [-0.4, -0.2) is 62.3 Å². The molecule has 0 aliphatic carbocycles. The van der Waals surface area contributed by atoms with Crippen LogP contribution in [0.25, 0.3) is 0 Å². The topological polar surface area (TPSA) is 84.9 Å². The molecule has 0 bridgehead atoms. The number of nitrogens with zero attached hydrogens (tertiary/aromatic N) is 4. The molecule has 0 amide bonds. The number of rotatable bonds is 3. The van der Waals surface area contributed by atoms with Crippen LogP contribution < -0.4 is 14.4 Å². The van der Waals surface area contributed by atoms with Crippen molar-refractivity contribution in [3.63, 3.8) is 0 Å². The van der Waals surface area contributed by atoms with Crippen molar-refractivity contribution in [1.82, 2.24) is 14.5 Å². The molecule has 9 heteroatoms. The highest BCUT2D eigenvalue weighted by Gasteiger charge is 2.30. The van der Waals surface area contributed by atoms with Crippen LogP contribution in [0.1, 0.15) is 12.1 Å². The number of aromatic nitrogens is 2. The van der Waals surface area contributed by atoms with E-state index in [0.717, 1.165) is 17.9 Å². The maximum absolute atomic E-state index is 13.0. The average Bonchev–Trinajstić information content (AvgIpc) is 2.93. The second-order valence-corrected chi connectivity index (χ2v) is 8.52. The fourth-order valence-electron chi connectivity index (χ4n) is 3.17. The fraction of sp³-hybridized carbons (Fsp3) is 0.444. The molecule has 3 heterocycles. The zero-order valence-corrected chi connectivity index (χ0v) is 16.0. The number of piperazine rings is 1. The van der Waals surface area contributed by atoms with Gasteiger partial charge in [-0.2, -0.15) is 9.40 Å². The number of ether oxygens (including phenoxy) is 2. The van der Waals surface area contributed by atoms with Crippen LogP contribution in [0.4, 0.5) is 5.82 Å². The maximum atomic E-state index is 13.0. The molecule has 1 aromatic carbocycles. The molecule has 1 fully saturated rings. The molecule has 2 aliphatic rings. The Bertz CT molecular complexity index is 909. The van der Waals surface area contributed by atoms with E-state index >= 15 is 0 Å². The lowest BCUT2D eigenvalue weighted by atomic mass is 10.3. The molecule has 4 rings (SSSR count). The van der Waals surface area contributed by atoms with Gasteiger partial charge < -0.3 is 14.4 Å². The lowest BCUT2D eigenvalue weighted by Gasteiger charge is -2.34. The highest BCUT2D eigenvalue weighted by atomic mass is 32.2. The van der Waals surface area contributed by atoms with Crippen LogP contribution in [0, 0.1) is 6.92 Å². The van der Waals surface area contributed by atoms with Gasteiger partial charge in [0.05, 0.1) is 23.8 Å².